The van der Waals surface area contributed by atoms with Crippen molar-refractivity contribution in [2.24, 2.45) is 0 Å². The fourth-order valence-corrected chi connectivity index (χ4v) is 3.02. The van der Waals surface area contributed by atoms with Crippen LogP contribution >= 0.6 is 0 Å². The van der Waals surface area contributed by atoms with Crippen molar-refractivity contribution >= 4 is 10.1 Å². The first-order valence-corrected chi connectivity index (χ1v) is 11.1. The molecule has 0 aromatic heterocycles. The molecule has 0 aliphatic rings. The summed E-state index contributed by atoms with van der Waals surface area (Å²) in [5.41, 5.74) is 4.79. The summed E-state index contributed by atoms with van der Waals surface area (Å²) < 4.78 is 31.2. The van der Waals surface area contributed by atoms with E-state index in [0.717, 1.165) is 12.1 Å². The van der Waals surface area contributed by atoms with Crippen molar-refractivity contribution < 1.29 is 18.7 Å². The van der Waals surface area contributed by atoms with Gasteiger partial charge in [-0.15, -0.1) is 0 Å². The molecule has 25 heavy (non-hydrogen) atoms. The van der Waals surface area contributed by atoms with Crippen molar-refractivity contribution in [1.82, 2.24) is 0 Å². The number of hydrogen-bond acceptors (Lipinski definition) is 3. The van der Waals surface area contributed by atoms with Crippen LogP contribution in [0.4, 0.5) is 0 Å². The summed E-state index contributed by atoms with van der Waals surface area (Å²) in [6, 6.07) is 5.78. The van der Waals surface area contributed by atoms with Crippen LogP contribution in [0, 0.1) is 6.92 Å². The van der Waals surface area contributed by atoms with Gasteiger partial charge in [0.1, 0.15) is 10.1 Å². The van der Waals surface area contributed by atoms with Gasteiger partial charge < -0.3 is 10.3 Å². The minimum Gasteiger partial charge on any atom is -0.744 e. The third kappa shape index (κ3) is 15.1. The van der Waals surface area contributed by atoms with Crippen molar-refractivity contribution in [2.45, 2.75) is 89.4 Å². The standard InChI is InChI=1S/C13H29N.C7H8O3S/c1-2-3-4-5-6-7-8-9-10-11-12-13-14;1-6-2-4-7(5-3-6)11(8,9)10/h2-14H2,1H3;2-5H,1H3,(H,8,9,10). The number of aryl methyl sites for hydroxylation is 1. The second-order valence-electron chi connectivity index (χ2n) is 6.66. The molecule has 1 aromatic carbocycles. The number of unbranched alkanes of at least 4 members (excludes halogenated alkanes) is 10. The van der Waals surface area contributed by atoms with E-state index in [0.29, 0.717) is 0 Å². The van der Waals surface area contributed by atoms with E-state index in [-0.39, 0.29) is 4.90 Å². The van der Waals surface area contributed by atoms with Crippen LogP contribution in [0.15, 0.2) is 29.2 Å². The first kappa shape index (κ1) is 24.1. The maximum atomic E-state index is 10.4. The molecule has 1 aromatic rings. The Morgan fingerprint density at radius 3 is 1.56 bits per heavy atom. The van der Waals surface area contributed by atoms with E-state index in [1.165, 1.54) is 82.8 Å². The summed E-state index contributed by atoms with van der Waals surface area (Å²) in [6.45, 7) is 5.22. The average Bonchev–Trinajstić information content (AvgIpc) is 2.57. The molecule has 0 saturated carbocycles. The molecule has 0 spiro atoms. The molecular formula is C20H37NO3S. The third-order valence-corrected chi connectivity index (χ3v) is 5.01. The molecule has 5 heteroatoms. The van der Waals surface area contributed by atoms with E-state index in [1.807, 2.05) is 6.92 Å². The lowest BCUT2D eigenvalue weighted by Gasteiger charge is -2.05. The summed E-state index contributed by atoms with van der Waals surface area (Å²) in [7, 11) is -4.27. The van der Waals surface area contributed by atoms with Gasteiger partial charge in [0.15, 0.2) is 0 Å². The lowest BCUT2D eigenvalue weighted by Crippen LogP contribution is -2.50. The van der Waals surface area contributed by atoms with Crippen LogP contribution in [0.3, 0.4) is 0 Å². The Labute approximate surface area is 155 Å². The van der Waals surface area contributed by atoms with Crippen LogP contribution in [0.1, 0.15) is 83.1 Å². The van der Waals surface area contributed by atoms with Gasteiger partial charge >= 0.3 is 0 Å². The Morgan fingerprint density at radius 1 is 0.800 bits per heavy atom. The molecule has 1 rings (SSSR count). The van der Waals surface area contributed by atoms with Crippen molar-refractivity contribution in [3.63, 3.8) is 0 Å². The van der Waals surface area contributed by atoms with E-state index >= 15 is 0 Å². The minimum atomic E-state index is -4.27. The van der Waals surface area contributed by atoms with Crippen LogP contribution in [0.25, 0.3) is 0 Å². The fraction of sp³-hybridized carbons (Fsp3) is 0.700. The highest BCUT2D eigenvalue weighted by Crippen LogP contribution is 2.11. The van der Waals surface area contributed by atoms with E-state index in [4.69, 9.17) is 0 Å². The minimum absolute atomic E-state index is 0.178. The number of rotatable bonds is 12. The van der Waals surface area contributed by atoms with Gasteiger partial charge in [0.2, 0.25) is 0 Å². The van der Waals surface area contributed by atoms with E-state index < -0.39 is 10.1 Å². The SMILES string of the molecule is CCCCCCCCCCCCC[NH3+].Cc1ccc(S(=O)(=O)[O-])cc1. The average molecular weight is 372 g/mol. The van der Waals surface area contributed by atoms with Gasteiger partial charge in [-0.25, -0.2) is 8.42 Å². The lowest BCUT2D eigenvalue weighted by molar-refractivity contribution is -0.368. The number of quaternary nitrogens is 1. The molecule has 0 saturated heterocycles. The Kier molecular flexibility index (Phi) is 14.8. The largest absolute Gasteiger partial charge is 0.744 e. The Hall–Kier alpha value is -0.910. The Morgan fingerprint density at radius 2 is 1.20 bits per heavy atom. The topological polar surface area (TPSA) is 84.8 Å². The first-order valence-electron chi connectivity index (χ1n) is 9.73. The molecule has 0 aliphatic carbocycles. The highest BCUT2D eigenvalue weighted by atomic mass is 32.2. The monoisotopic (exact) mass is 371 g/mol. The smallest absolute Gasteiger partial charge is 0.124 e. The Balaban J connectivity index is 0.000000472. The van der Waals surface area contributed by atoms with Gasteiger partial charge in [0, 0.05) is 0 Å². The molecule has 0 unspecified atom stereocenters. The zero-order valence-electron chi connectivity index (χ0n) is 16.1. The molecule has 0 aliphatic heterocycles. The molecule has 0 heterocycles. The molecule has 3 N–H and O–H groups in total. The van der Waals surface area contributed by atoms with Crippen LogP contribution in [-0.4, -0.2) is 19.5 Å². The van der Waals surface area contributed by atoms with E-state index in [2.05, 4.69) is 12.7 Å². The van der Waals surface area contributed by atoms with E-state index in [1.54, 1.807) is 12.1 Å². The van der Waals surface area contributed by atoms with Crippen LogP contribution in [0.5, 0.6) is 0 Å². The summed E-state index contributed by atoms with van der Waals surface area (Å²) in [5.74, 6) is 0. The predicted octanol–water partition coefficient (Wildman–Crippen LogP) is 4.44. The summed E-state index contributed by atoms with van der Waals surface area (Å²) in [5, 5.41) is 0. The maximum absolute atomic E-state index is 10.4. The summed E-state index contributed by atoms with van der Waals surface area (Å²) in [4.78, 5) is -0.178. The van der Waals surface area contributed by atoms with Gasteiger partial charge in [-0.1, -0.05) is 82.4 Å². The maximum Gasteiger partial charge on any atom is 0.124 e. The molecule has 146 valence electrons. The third-order valence-electron chi connectivity index (χ3n) is 4.16. The van der Waals surface area contributed by atoms with Crippen molar-refractivity contribution in [3.8, 4) is 0 Å². The molecular weight excluding hydrogens is 334 g/mol. The second-order valence-corrected chi connectivity index (χ2v) is 8.04. The summed E-state index contributed by atoms with van der Waals surface area (Å²) in [6.07, 6.45) is 15.7. The lowest BCUT2D eigenvalue weighted by atomic mass is 10.1. The fourth-order valence-electron chi connectivity index (χ4n) is 2.55. The second kappa shape index (κ2) is 15.4. The van der Waals surface area contributed by atoms with Gasteiger partial charge in [-0.2, -0.15) is 0 Å². The van der Waals surface area contributed by atoms with Crippen LogP contribution in [0.2, 0.25) is 0 Å². The van der Waals surface area contributed by atoms with Crippen LogP contribution < -0.4 is 5.73 Å². The van der Waals surface area contributed by atoms with Gasteiger partial charge in [0.25, 0.3) is 0 Å². The highest BCUT2D eigenvalue weighted by Gasteiger charge is 1.97. The number of benzene rings is 1. The Bertz CT molecular complexity index is 500. The summed E-state index contributed by atoms with van der Waals surface area (Å²) >= 11 is 0. The van der Waals surface area contributed by atoms with Crippen LogP contribution in [-0.2, 0) is 10.1 Å². The van der Waals surface area contributed by atoms with Gasteiger partial charge in [0.05, 0.1) is 11.4 Å². The molecule has 0 amide bonds. The van der Waals surface area contributed by atoms with Gasteiger partial charge in [-0.3, -0.25) is 0 Å². The van der Waals surface area contributed by atoms with Crippen molar-refractivity contribution in [1.29, 1.82) is 0 Å². The van der Waals surface area contributed by atoms with Gasteiger partial charge in [-0.05, 0) is 31.9 Å². The normalized spacial score (nSPS) is 11.0. The molecule has 4 nitrogen and oxygen atoms in total. The molecule has 0 atom stereocenters. The quantitative estimate of drug-likeness (QED) is 0.435. The molecule has 0 fully saturated rings. The van der Waals surface area contributed by atoms with Crippen molar-refractivity contribution in [2.75, 3.05) is 6.54 Å². The molecule has 0 bridgehead atoms. The zero-order valence-corrected chi connectivity index (χ0v) is 17.0. The van der Waals surface area contributed by atoms with Crippen molar-refractivity contribution in [3.05, 3.63) is 29.8 Å². The van der Waals surface area contributed by atoms with E-state index in [9.17, 15) is 13.0 Å². The first-order chi connectivity index (χ1) is 11.9. The predicted molar refractivity (Wildman–Crippen MR) is 103 cm³/mol. The zero-order chi connectivity index (χ0) is 19.0. The number of hydrogen-bond donors (Lipinski definition) is 1. The molecule has 0 radical (unpaired) electrons. The highest BCUT2D eigenvalue weighted by molar-refractivity contribution is 7.85.